The Morgan fingerprint density at radius 2 is 2.14 bits per heavy atom. The third kappa shape index (κ3) is 1.33. The molecule has 0 amide bonds. The predicted molar refractivity (Wildman–Crippen MR) is 47.7 cm³/mol. The summed E-state index contributed by atoms with van der Waals surface area (Å²) in [5.74, 6) is -0.502. The molecule has 6 heteroatoms. The monoisotopic (exact) mass is 217 g/mol. The molecule has 0 aliphatic rings. The minimum Gasteiger partial charge on any atom is -0.206 e. The number of aryl methyl sites for hydroxylation is 1. The number of alkyl halides is 2. The van der Waals surface area contributed by atoms with Gasteiger partial charge in [0.2, 0.25) is 5.82 Å². The van der Waals surface area contributed by atoms with Crippen molar-refractivity contribution in [3.63, 3.8) is 0 Å². The molecule has 0 radical (unpaired) electrons. The highest BCUT2D eigenvalue weighted by atomic mass is 35.5. The van der Waals surface area contributed by atoms with Crippen molar-refractivity contribution >= 4 is 17.2 Å². The van der Waals surface area contributed by atoms with Gasteiger partial charge in [0.05, 0.1) is 0 Å². The Balaban J connectivity index is 2.71. The molecule has 0 spiro atoms. The first kappa shape index (κ1) is 9.33. The van der Waals surface area contributed by atoms with Gasteiger partial charge < -0.3 is 0 Å². The highest BCUT2D eigenvalue weighted by molar-refractivity contribution is 6.30. The summed E-state index contributed by atoms with van der Waals surface area (Å²) in [4.78, 5) is 3.63. The van der Waals surface area contributed by atoms with Crippen LogP contribution in [0.5, 0.6) is 0 Å². The van der Waals surface area contributed by atoms with Crippen LogP contribution in [0.4, 0.5) is 8.78 Å². The topological polar surface area (TPSA) is 30.2 Å². The van der Waals surface area contributed by atoms with Crippen LogP contribution in [-0.4, -0.2) is 14.6 Å². The smallest absolute Gasteiger partial charge is 0.206 e. The molecule has 74 valence electrons. The van der Waals surface area contributed by atoms with Gasteiger partial charge in [-0.05, 0) is 18.6 Å². The van der Waals surface area contributed by atoms with Crippen LogP contribution >= 0.6 is 11.6 Å². The number of fused-ring (bicyclic) bond motifs is 1. The second kappa shape index (κ2) is 3.16. The molecule has 0 unspecified atom stereocenters. The number of nitrogens with zero attached hydrogens (tertiary/aromatic N) is 3. The standard InChI is InChI=1S/C8H6ClF2N3/c1-4-2-3-5-12-8(7(10)11)13-14(5)6(4)9/h2-3,7H,1H3. The Bertz CT molecular complexity index is 481. The largest absolute Gasteiger partial charge is 0.299 e. The molecule has 2 heterocycles. The van der Waals surface area contributed by atoms with Crippen molar-refractivity contribution in [3.05, 3.63) is 28.7 Å². The molecule has 2 rings (SSSR count). The molecule has 3 nitrogen and oxygen atoms in total. The van der Waals surface area contributed by atoms with Crippen LogP contribution in [0.3, 0.4) is 0 Å². The summed E-state index contributed by atoms with van der Waals surface area (Å²) >= 11 is 5.86. The van der Waals surface area contributed by atoms with E-state index in [1.54, 1.807) is 19.1 Å². The van der Waals surface area contributed by atoms with E-state index in [-0.39, 0.29) is 0 Å². The lowest BCUT2D eigenvalue weighted by atomic mass is 10.3. The van der Waals surface area contributed by atoms with Crippen molar-refractivity contribution in [2.24, 2.45) is 0 Å². The molecule has 0 bridgehead atoms. The van der Waals surface area contributed by atoms with Gasteiger partial charge in [-0.1, -0.05) is 17.7 Å². The minimum atomic E-state index is -2.67. The lowest BCUT2D eigenvalue weighted by Gasteiger charge is -1.97. The fraction of sp³-hybridized carbons (Fsp3) is 0.250. The fourth-order valence-corrected chi connectivity index (χ4v) is 1.31. The lowest BCUT2D eigenvalue weighted by Crippen LogP contribution is -1.93. The van der Waals surface area contributed by atoms with Crippen molar-refractivity contribution in [3.8, 4) is 0 Å². The van der Waals surface area contributed by atoms with Gasteiger partial charge >= 0.3 is 0 Å². The number of pyridine rings is 1. The van der Waals surface area contributed by atoms with Crippen LogP contribution in [0.1, 0.15) is 17.8 Å². The first-order valence-electron chi connectivity index (χ1n) is 3.89. The second-order valence-corrected chi connectivity index (χ2v) is 3.21. The number of halogens is 3. The first-order chi connectivity index (χ1) is 6.59. The number of hydrogen-bond donors (Lipinski definition) is 0. The van der Waals surface area contributed by atoms with Crippen molar-refractivity contribution < 1.29 is 8.78 Å². The summed E-state index contributed by atoms with van der Waals surface area (Å²) in [7, 11) is 0. The van der Waals surface area contributed by atoms with Crippen LogP contribution in [0.2, 0.25) is 5.15 Å². The third-order valence-electron chi connectivity index (χ3n) is 1.84. The van der Waals surface area contributed by atoms with Gasteiger partial charge in [0, 0.05) is 0 Å². The van der Waals surface area contributed by atoms with Gasteiger partial charge in [0.15, 0.2) is 5.65 Å². The zero-order valence-corrected chi connectivity index (χ0v) is 7.96. The van der Waals surface area contributed by atoms with E-state index in [2.05, 4.69) is 10.1 Å². The van der Waals surface area contributed by atoms with Crippen molar-refractivity contribution in [2.75, 3.05) is 0 Å². The summed E-state index contributed by atoms with van der Waals surface area (Å²) in [6, 6.07) is 3.31. The molecule has 0 saturated heterocycles. The molecular weight excluding hydrogens is 212 g/mol. The molecule has 0 aliphatic heterocycles. The highest BCUT2D eigenvalue weighted by Crippen LogP contribution is 2.20. The van der Waals surface area contributed by atoms with E-state index in [0.717, 1.165) is 5.56 Å². The Labute approximate surface area is 83.3 Å². The highest BCUT2D eigenvalue weighted by Gasteiger charge is 2.15. The second-order valence-electron chi connectivity index (χ2n) is 2.85. The molecular formula is C8H6ClF2N3. The quantitative estimate of drug-likeness (QED) is 0.688. The van der Waals surface area contributed by atoms with Crippen LogP contribution in [-0.2, 0) is 0 Å². The summed E-state index contributed by atoms with van der Waals surface area (Å²) in [5, 5.41) is 3.90. The van der Waals surface area contributed by atoms with Gasteiger partial charge in [0.1, 0.15) is 5.15 Å². The van der Waals surface area contributed by atoms with E-state index >= 15 is 0 Å². The molecule has 0 aliphatic carbocycles. The lowest BCUT2D eigenvalue weighted by molar-refractivity contribution is 0.140. The molecule has 0 aromatic carbocycles. The molecule has 0 fully saturated rings. The zero-order valence-electron chi connectivity index (χ0n) is 7.21. The predicted octanol–water partition coefficient (Wildman–Crippen LogP) is 2.63. The molecule has 14 heavy (non-hydrogen) atoms. The Kier molecular flexibility index (Phi) is 2.11. The van der Waals surface area contributed by atoms with Crippen LogP contribution in [0, 0.1) is 6.92 Å². The summed E-state index contributed by atoms with van der Waals surface area (Å²) in [5.41, 5.74) is 1.10. The Hall–Kier alpha value is -1.23. The van der Waals surface area contributed by atoms with E-state index < -0.39 is 12.2 Å². The Morgan fingerprint density at radius 1 is 1.43 bits per heavy atom. The summed E-state index contributed by atoms with van der Waals surface area (Å²) in [6.45, 7) is 1.77. The minimum absolute atomic E-state index is 0.307. The maximum atomic E-state index is 12.3. The molecule has 2 aromatic heterocycles. The van der Waals surface area contributed by atoms with Gasteiger partial charge in [-0.3, -0.25) is 0 Å². The average molecular weight is 218 g/mol. The number of aromatic nitrogens is 3. The number of hydrogen-bond acceptors (Lipinski definition) is 2. The van der Waals surface area contributed by atoms with Crippen LogP contribution in [0.25, 0.3) is 5.65 Å². The first-order valence-corrected chi connectivity index (χ1v) is 4.27. The maximum Gasteiger partial charge on any atom is 0.299 e. The van der Waals surface area contributed by atoms with E-state index in [4.69, 9.17) is 11.6 Å². The van der Waals surface area contributed by atoms with E-state index in [0.29, 0.717) is 10.8 Å². The van der Waals surface area contributed by atoms with Crippen molar-refractivity contribution in [1.29, 1.82) is 0 Å². The van der Waals surface area contributed by atoms with Gasteiger partial charge in [-0.2, -0.15) is 0 Å². The van der Waals surface area contributed by atoms with E-state index in [1.165, 1.54) is 4.52 Å². The molecule has 2 aromatic rings. The van der Waals surface area contributed by atoms with Gasteiger partial charge in [0.25, 0.3) is 6.43 Å². The van der Waals surface area contributed by atoms with Crippen molar-refractivity contribution in [2.45, 2.75) is 13.3 Å². The normalized spacial score (nSPS) is 11.5. The van der Waals surface area contributed by atoms with Crippen LogP contribution < -0.4 is 0 Å². The third-order valence-corrected chi connectivity index (χ3v) is 2.30. The van der Waals surface area contributed by atoms with E-state index in [1.807, 2.05) is 0 Å². The fourth-order valence-electron chi connectivity index (χ4n) is 1.12. The van der Waals surface area contributed by atoms with Gasteiger partial charge in [-0.15, -0.1) is 5.10 Å². The summed E-state index contributed by atoms with van der Waals surface area (Å²) < 4.78 is 25.7. The van der Waals surface area contributed by atoms with Gasteiger partial charge in [-0.25, -0.2) is 18.3 Å². The molecule has 0 saturated carbocycles. The average Bonchev–Trinajstić information content (AvgIpc) is 2.56. The van der Waals surface area contributed by atoms with E-state index in [9.17, 15) is 8.78 Å². The maximum absolute atomic E-state index is 12.3. The summed E-state index contributed by atoms with van der Waals surface area (Å²) in [6.07, 6.45) is -2.67. The molecule has 0 atom stereocenters. The SMILES string of the molecule is Cc1ccc2nc(C(F)F)nn2c1Cl. The molecule has 0 N–H and O–H groups in total. The number of rotatable bonds is 1. The van der Waals surface area contributed by atoms with Crippen molar-refractivity contribution in [1.82, 2.24) is 14.6 Å². The Morgan fingerprint density at radius 3 is 2.79 bits per heavy atom. The zero-order chi connectivity index (χ0) is 10.3. The van der Waals surface area contributed by atoms with Crippen LogP contribution in [0.15, 0.2) is 12.1 Å².